The van der Waals surface area contributed by atoms with E-state index in [4.69, 9.17) is 4.74 Å². The quantitative estimate of drug-likeness (QED) is 0.522. The molecule has 0 bridgehead atoms. The highest BCUT2D eigenvalue weighted by Crippen LogP contribution is 2.35. The molecular weight excluding hydrogens is 436 g/mol. The van der Waals surface area contributed by atoms with Crippen molar-refractivity contribution in [2.24, 2.45) is 5.41 Å². The summed E-state index contributed by atoms with van der Waals surface area (Å²) in [6, 6.07) is 21.5. The van der Waals surface area contributed by atoms with Crippen LogP contribution in [0.5, 0.6) is 5.75 Å². The average Bonchev–Trinajstić information content (AvgIpc) is 3.05. The SMILES string of the molecule is COc1cc(C(=O)N2Cc3ccccc3Cc3ccccc32)ccc1NC(=O)C1(C)C=CC=CC1. The first-order valence-electron chi connectivity index (χ1n) is 11.8. The average molecular weight is 465 g/mol. The summed E-state index contributed by atoms with van der Waals surface area (Å²) in [4.78, 5) is 28.6. The molecule has 0 radical (unpaired) electrons. The normalized spacial score (nSPS) is 18.3. The number of nitrogens with zero attached hydrogens (tertiary/aromatic N) is 1. The number of benzene rings is 3. The highest BCUT2D eigenvalue weighted by molar-refractivity contribution is 6.07. The first kappa shape index (κ1) is 22.7. The van der Waals surface area contributed by atoms with Crippen LogP contribution in [0.15, 0.2) is 91.0 Å². The van der Waals surface area contributed by atoms with Gasteiger partial charge < -0.3 is 15.0 Å². The Hall–Kier alpha value is -4.12. The fraction of sp³-hybridized carbons (Fsp3) is 0.200. The van der Waals surface area contributed by atoms with Crippen molar-refractivity contribution in [1.29, 1.82) is 0 Å². The number of fused-ring (bicyclic) bond motifs is 2. The highest BCUT2D eigenvalue weighted by atomic mass is 16.5. The summed E-state index contributed by atoms with van der Waals surface area (Å²) in [6.07, 6.45) is 9.13. The second kappa shape index (κ2) is 9.26. The molecule has 2 amide bonds. The van der Waals surface area contributed by atoms with Gasteiger partial charge in [-0.1, -0.05) is 66.8 Å². The number of ether oxygens (including phenoxy) is 1. The van der Waals surface area contributed by atoms with Crippen LogP contribution in [0.1, 0.15) is 40.4 Å². The third-order valence-corrected chi connectivity index (χ3v) is 6.82. The molecule has 3 aromatic rings. The highest BCUT2D eigenvalue weighted by Gasteiger charge is 2.31. The zero-order valence-electron chi connectivity index (χ0n) is 20.0. The summed E-state index contributed by atoms with van der Waals surface area (Å²) in [7, 11) is 1.54. The lowest BCUT2D eigenvalue weighted by Crippen LogP contribution is -2.32. The Bertz CT molecular complexity index is 1360. The van der Waals surface area contributed by atoms with Gasteiger partial charge in [0.25, 0.3) is 5.91 Å². The molecule has 1 heterocycles. The van der Waals surface area contributed by atoms with Crippen LogP contribution in [-0.2, 0) is 17.8 Å². The number of amides is 2. The van der Waals surface area contributed by atoms with Gasteiger partial charge in [0.2, 0.25) is 5.91 Å². The maximum atomic E-state index is 13.8. The van der Waals surface area contributed by atoms with E-state index in [0.29, 0.717) is 30.0 Å². The van der Waals surface area contributed by atoms with Crippen LogP contribution in [0, 0.1) is 5.41 Å². The molecule has 35 heavy (non-hydrogen) atoms. The number of allylic oxidation sites excluding steroid dienone is 3. The van der Waals surface area contributed by atoms with Crippen molar-refractivity contribution in [3.63, 3.8) is 0 Å². The minimum absolute atomic E-state index is 0.113. The van der Waals surface area contributed by atoms with Crippen LogP contribution in [0.3, 0.4) is 0 Å². The number of anilines is 2. The summed E-state index contributed by atoms with van der Waals surface area (Å²) in [5.74, 6) is 0.220. The summed E-state index contributed by atoms with van der Waals surface area (Å²) >= 11 is 0. The molecule has 0 spiro atoms. The summed E-state index contributed by atoms with van der Waals surface area (Å²) in [5.41, 5.74) is 4.80. The van der Waals surface area contributed by atoms with Gasteiger partial charge in [-0.15, -0.1) is 0 Å². The van der Waals surface area contributed by atoms with E-state index in [1.807, 2.05) is 66.5 Å². The fourth-order valence-electron chi connectivity index (χ4n) is 4.69. The van der Waals surface area contributed by atoms with E-state index in [1.54, 1.807) is 25.3 Å². The van der Waals surface area contributed by atoms with Crippen LogP contribution >= 0.6 is 0 Å². The van der Waals surface area contributed by atoms with Gasteiger partial charge in [0.05, 0.1) is 24.8 Å². The van der Waals surface area contributed by atoms with E-state index in [1.165, 1.54) is 5.56 Å². The number of hydrogen-bond donors (Lipinski definition) is 1. The van der Waals surface area contributed by atoms with E-state index < -0.39 is 5.41 Å². The fourth-order valence-corrected chi connectivity index (χ4v) is 4.69. The molecule has 0 saturated heterocycles. The number of para-hydroxylation sites is 1. The van der Waals surface area contributed by atoms with Crippen LogP contribution in [0.2, 0.25) is 0 Å². The van der Waals surface area contributed by atoms with Crippen LogP contribution in [0.25, 0.3) is 0 Å². The summed E-state index contributed by atoms with van der Waals surface area (Å²) in [5, 5.41) is 2.98. The Morgan fingerprint density at radius 1 is 0.943 bits per heavy atom. The van der Waals surface area contributed by atoms with Crippen molar-refractivity contribution in [1.82, 2.24) is 0 Å². The number of carbonyl (C=O) groups excluding carboxylic acids is 2. The molecule has 5 heteroatoms. The van der Waals surface area contributed by atoms with Crippen molar-refractivity contribution in [3.8, 4) is 5.75 Å². The smallest absolute Gasteiger partial charge is 0.258 e. The summed E-state index contributed by atoms with van der Waals surface area (Å²) < 4.78 is 5.58. The zero-order valence-corrected chi connectivity index (χ0v) is 20.0. The molecule has 1 atom stereocenters. The zero-order chi connectivity index (χ0) is 24.4. The predicted octanol–water partition coefficient (Wildman–Crippen LogP) is 5.91. The molecule has 1 aliphatic carbocycles. The largest absolute Gasteiger partial charge is 0.495 e. The lowest BCUT2D eigenvalue weighted by atomic mass is 9.83. The molecule has 176 valence electrons. The Kier molecular flexibility index (Phi) is 6.00. The summed E-state index contributed by atoms with van der Waals surface area (Å²) in [6.45, 7) is 2.40. The maximum Gasteiger partial charge on any atom is 0.258 e. The second-order valence-corrected chi connectivity index (χ2v) is 9.24. The second-order valence-electron chi connectivity index (χ2n) is 9.24. The molecular formula is C30H28N2O3. The predicted molar refractivity (Wildman–Crippen MR) is 139 cm³/mol. The molecule has 1 N–H and O–H groups in total. The van der Waals surface area contributed by atoms with Crippen LogP contribution < -0.4 is 15.0 Å². The van der Waals surface area contributed by atoms with E-state index in [0.717, 1.165) is 23.2 Å². The third-order valence-electron chi connectivity index (χ3n) is 6.82. The molecule has 0 fully saturated rings. The molecule has 0 saturated carbocycles. The number of carbonyl (C=O) groups is 2. The van der Waals surface area contributed by atoms with Crippen molar-refractivity contribution >= 4 is 23.2 Å². The number of nitrogens with one attached hydrogen (secondary N) is 1. The Morgan fingerprint density at radius 2 is 1.69 bits per heavy atom. The molecule has 5 nitrogen and oxygen atoms in total. The van der Waals surface area contributed by atoms with Gasteiger partial charge in [0.1, 0.15) is 5.75 Å². The van der Waals surface area contributed by atoms with E-state index >= 15 is 0 Å². The molecule has 3 aromatic carbocycles. The molecule has 1 unspecified atom stereocenters. The number of rotatable bonds is 4. The Labute approximate surface area is 205 Å². The molecule has 1 aliphatic heterocycles. The number of methoxy groups -OCH3 is 1. The minimum Gasteiger partial charge on any atom is -0.495 e. The maximum absolute atomic E-state index is 13.8. The minimum atomic E-state index is -0.628. The van der Waals surface area contributed by atoms with Gasteiger partial charge in [0, 0.05) is 11.3 Å². The van der Waals surface area contributed by atoms with Gasteiger partial charge in [-0.05, 0) is 60.7 Å². The van der Waals surface area contributed by atoms with Crippen molar-refractivity contribution in [2.75, 3.05) is 17.3 Å². The van der Waals surface area contributed by atoms with Crippen LogP contribution in [0.4, 0.5) is 11.4 Å². The Balaban J connectivity index is 1.45. The lowest BCUT2D eigenvalue weighted by molar-refractivity contribution is -0.122. The van der Waals surface area contributed by atoms with Gasteiger partial charge in [-0.3, -0.25) is 9.59 Å². The van der Waals surface area contributed by atoms with Crippen molar-refractivity contribution < 1.29 is 14.3 Å². The monoisotopic (exact) mass is 464 g/mol. The molecule has 0 aromatic heterocycles. The van der Waals surface area contributed by atoms with Crippen molar-refractivity contribution in [3.05, 3.63) is 113 Å². The van der Waals surface area contributed by atoms with E-state index in [-0.39, 0.29) is 11.8 Å². The lowest BCUT2D eigenvalue weighted by Gasteiger charge is -2.26. The standard InChI is InChI=1S/C30H28N2O3/c1-30(16-8-3-9-17-30)29(34)31-25-15-14-23(19-27(25)35-2)28(33)32-20-24-12-5-4-10-21(24)18-22-11-6-7-13-26(22)32/h3-16,19H,17-18,20H2,1-2H3,(H,31,34). The van der Waals surface area contributed by atoms with E-state index in [2.05, 4.69) is 23.5 Å². The third kappa shape index (κ3) is 4.37. The van der Waals surface area contributed by atoms with Crippen molar-refractivity contribution in [2.45, 2.75) is 26.3 Å². The van der Waals surface area contributed by atoms with Gasteiger partial charge in [-0.25, -0.2) is 0 Å². The number of hydrogen-bond acceptors (Lipinski definition) is 3. The van der Waals surface area contributed by atoms with E-state index in [9.17, 15) is 9.59 Å². The van der Waals surface area contributed by atoms with Gasteiger partial charge >= 0.3 is 0 Å². The molecule has 2 aliphatic rings. The first-order chi connectivity index (χ1) is 17.0. The van der Waals surface area contributed by atoms with Gasteiger partial charge in [-0.2, -0.15) is 0 Å². The Morgan fingerprint density at radius 3 is 2.43 bits per heavy atom. The first-order valence-corrected chi connectivity index (χ1v) is 11.8. The molecule has 5 rings (SSSR count). The van der Waals surface area contributed by atoms with Gasteiger partial charge in [0.15, 0.2) is 0 Å². The topological polar surface area (TPSA) is 58.6 Å². The van der Waals surface area contributed by atoms with Crippen LogP contribution in [-0.4, -0.2) is 18.9 Å².